The number of aromatic nitrogens is 2. The molecule has 1 aromatic heterocycles. The van der Waals surface area contributed by atoms with E-state index >= 15 is 0 Å². The molecular formula is C8H13N3OS. The first-order valence-corrected chi connectivity index (χ1v) is 5.23. The number of H-pyrrole nitrogens is 1. The summed E-state index contributed by atoms with van der Waals surface area (Å²) in [7, 11) is 0. The zero-order valence-corrected chi connectivity index (χ0v) is 8.09. The van der Waals surface area contributed by atoms with Gasteiger partial charge in [-0.3, -0.25) is 0 Å². The van der Waals surface area contributed by atoms with Crippen LogP contribution in [0.1, 0.15) is 6.42 Å². The van der Waals surface area contributed by atoms with Crippen LogP contribution in [0.15, 0.2) is 17.6 Å². The van der Waals surface area contributed by atoms with Crippen LogP contribution >= 0.6 is 11.8 Å². The van der Waals surface area contributed by atoms with Gasteiger partial charge in [0.2, 0.25) is 0 Å². The highest BCUT2D eigenvalue weighted by molar-refractivity contribution is 7.99. The van der Waals surface area contributed by atoms with Crippen molar-refractivity contribution in [2.75, 3.05) is 13.2 Å². The number of aromatic amines is 1. The summed E-state index contributed by atoms with van der Waals surface area (Å²) in [6.07, 6.45) is 4.51. The third-order valence-corrected chi connectivity index (χ3v) is 3.33. The fourth-order valence-electron chi connectivity index (χ4n) is 1.31. The number of imidazole rings is 1. The summed E-state index contributed by atoms with van der Waals surface area (Å²) in [5.41, 5.74) is 5.95. The van der Waals surface area contributed by atoms with Gasteiger partial charge in [-0.2, -0.15) is 0 Å². The molecule has 0 spiro atoms. The molecule has 2 heterocycles. The van der Waals surface area contributed by atoms with E-state index in [0.717, 1.165) is 24.8 Å². The average molecular weight is 199 g/mol. The Labute approximate surface area is 81.3 Å². The number of thioether (sulfide) groups is 1. The minimum absolute atomic E-state index is 0.226. The van der Waals surface area contributed by atoms with Gasteiger partial charge in [0, 0.05) is 25.0 Å². The summed E-state index contributed by atoms with van der Waals surface area (Å²) in [5.74, 6) is 0. The molecule has 2 atom stereocenters. The zero-order chi connectivity index (χ0) is 9.10. The van der Waals surface area contributed by atoms with Crippen molar-refractivity contribution in [3.8, 4) is 0 Å². The summed E-state index contributed by atoms with van der Waals surface area (Å²) in [4.78, 5) is 7.19. The van der Waals surface area contributed by atoms with Crippen LogP contribution in [0, 0.1) is 0 Å². The smallest absolute Gasteiger partial charge is 0.165 e. The van der Waals surface area contributed by atoms with Crippen molar-refractivity contribution in [2.45, 2.75) is 22.9 Å². The maximum atomic E-state index is 5.95. The van der Waals surface area contributed by atoms with Gasteiger partial charge in [0.05, 0.1) is 11.9 Å². The largest absolute Gasteiger partial charge is 0.380 e. The molecule has 1 fully saturated rings. The van der Waals surface area contributed by atoms with Crippen molar-refractivity contribution in [3.63, 3.8) is 0 Å². The van der Waals surface area contributed by atoms with E-state index in [0.29, 0.717) is 5.25 Å². The second-order valence-corrected chi connectivity index (χ2v) is 4.31. The van der Waals surface area contributed by atoms with E-state index in [1.54, 1.807) is 18.0 Å². The SMILES string of the molecule is NC1CCOCC1Sc1ncc[nH]1. The Balaban J connectivity index is 1.93. The van der Waals surface area contributed by atoms with Crippen LogP contribution in [0.25, 0.3) is 0 Å². The Morgan fingerprint density at radius 2 is 2.62 bits per heavy atom. The molecule has 4 nitrogen and oxygen atoms in total. The van der Waals surface area contributed by atoms with Crippen LogP contribution in [0.3, 0.4) is 0 Å². The summed E-state index contributed by atoms with van der Waals surface area (Å²) in [5, 5.41) is 1.26. The van der Waals surface area contributed by atoms with E-state index in [1.165, 1.54) is 0 Å². The number of nitrogens with one attached hydrogen (secondary N) is 1. The Hall–Kier alpha value is -0.520. The lowest BCUT2D eigenvalue weighted by molar-refractivity contribution is 0.0915. The highest BCUT2D eigenvalue weighted by Gasteiger charge is 2.23. The molecule has 1 aliphatic rings. The monoisotopic (exact) mass is 199 g/mol. The Morgan fingerprint density at radius 3 is 3.31 bits per heavy atom. The third kappa shape index (κ3) is 2.24. The van der Waals surface area contributed by atoms with Gasteiger partial charge in [0.25, 0.3) is 0 Å². The Kier molecular flexibility index (Phi) is 2.87. The quantitative estimate of drug-likeness (QED) is 0.733. The Morgan fingerprint density at radius 1 is 1.69 bits per heavy atom. The molecule has 3 N–H and O–H groups in total. The van der Waals surface area contributed by atoms with E-state index in [9.17, 15) is 0 Å². The summed E-state index contributed by atoms with van der Waals surface area (Å²) < 4.78 is 5.36. The van der Waals surface area contributed by atoms with Gasteiger partial charge in [-0.1, -0.05) is 11.8 Å². The van der Waals surface area contributed by atoms with Gasteiger partial charge in [-0.25, -0.2) is 4.98 Å². The number of rotatable bonds is 2. The molecule has 0 radical (unpaired) electrons. The topological polar surface area (TPSA) is 63.9 Å². The van der Waals surface area contributed by atoms with Crippen LogP contribution in [-0.2, 0) is 4.74 Å². The van der Waals surface area contributed by atoms with Gasteiger partial charge in [-0.15, -0.1) is 0 Å². The molecule has 1 aromatic rings. The molecule has 0 amide bonds. The molecule has 2 unspecified atom stereocenters. The van der Waals surface area contributed by atoms with E-state index in [1.807, 2.05) is 6.20 Å². The van der Waals surface area contributed by atoms with E-state index in [4.69, 9.17) is 10.5 Å². The molecule has 0 aromatic carbocycles. The fourth-order valence-corrected chi connectivity index (χ4v) is 2.33. The molecular weight excluding hydrogens is 186 g/mol. The van der Waals surface area contributed by atoms with Gasteiger partial charge < -0.3 is 15.5 Å². The third-order valence-electron chi connectivity index (χ3n) is 2.09. The Bertz CT molecular complexity index is 252. The summed E-state index contributed by atoms with van der Waals surface area (Å²) in [6.45, 7) is 1.52. The molecule has 0 aliphatic carbocycles. The minimum Gasteiger partial charge on any atom is -0.380 e. The predicted octanol–water partition coefficient (Wildman–Crippen LogP) is 0.618. The van der Waals surface area contributed by atoms with E-state index in [-0.39, 0.29) is 6.04 Å². The maximum Gasteiger partial charge on any atom is 0.165 e. The summed E-state index contributed by atoms with van der Waals surface area (Å²) in [6, 6.07) is 0.226. The lowest BCUT2D eigenvalue weighted by Gasteiger charge is -2.27. The predicted molar refractivity (Wildman–Crippen MR) is 51.6 cm³/mol. The molecule has 72 valence electrons. The number of nitrogens with two attached hydrogens (primary N) is 1. The lowest BCUT2D eigenvalue weighted by atomic mass is 10.1. The van der Waals surface area contributed by atoms with Crippen molar-refractivity contribution in [1.29, 1.82) is 0 Å². The molecule has 1 aliphatic heterocycles. The van der Waals surface area contributed by atoms with Gasteiger partial charge >= 0.3 is 0 Å². The standard InChI is InChI=1S/C8H13N3OS/c9-6-1-4-12-5-7(6)13-8-10-2-3-11-8/h2-3,6-7H,1,4-5,9H2,(H,10,11). The van der Waals surface area contributed by atoms with Crippen LogP contribution in [0.2, 0.25) is 0 Å². The number of nitrogens with zero attached hydrogens (tertiary/aromatic N) is 1. The van der Waals surface area contributed by atoms with Gasteiger partial charge in [0.1, 0.15) is 0 Å². The van der Waals surface area contributed by atoms with Crippen LogP contribution in [0.5, 0.6) is 0 Å². The van der Waals surface area contributed by atoms with Crippen LogP contribution < -0.4 is 5.73 Å². The first-order valence-electron chi connectivity index (χ1n) is 4.35. The molecule has 13 heavy (non-hydrogen) atoms. The molecule has 5 heteroatoms. The van der Waals surface area contributed by atoms with Crippen molar-refractivity contribution >= 4 is 11.8 Å². The highest BCUT2D eigenvalue weighted by Crippen LogP contribution is 2.24. The molecule has 0 saturated carbocycles. The van der Waals surface area contributed by atoms with Crippen LogP contribution in [-0.4, -0.2) is 34.5 Å². The highest BCUT2D eigenvalue weighted by atomic mass is 32.2. The molecule has 1 saturated heterocycles. The summed E-state index contributed by atoms with van der Waals surface area (Å²) >= 11 is 1.66. The second kappa shape index (κ2) is 4.13. The number of hydrogen-bond acceptors (Lipinski definition) is 4. The fraction of sp³-hybridized carbons (Fsp3) is 0.625. The first kappa shape index (κ1) is 9.05. The molecule has 0 bridgehead atoms. The minimum atomic E-state index is 0.226. The van der Waals surface area contributed by atoms with Crippen molar-refractivity contribution in [3.05, 3.63) is 12.4 Å². The van der Waals surface area contributed by atoms with Gasteiger partial charge in [0.15, 0.2) is 5.16 Å². The average Bonchev–Trinajstić information content (AvgIpc) is 2.61. The van der Waals surface area contributed by atoms with Crippen molar-refractivity contribution < 1.29 is 4.74 Å². The lowest BCUT2D eigenvalue weighted by Crippen LogP contribution is -2.40. The normalized spacial score (nSPS) is 29.0. The van der Waals surface area contributed by atoms with E-state index in [2.05, 4.69) is 9.97 Å². The van der Waals surface area contributed by atoms with Crippen molar-refractivity contribution in [1.82, 2.24) is 9.97 Å². The first-order chi connectivity index (χ1) is 6.36. The number of ether oxygens (including phenoxy) is 1. The maximum absolute atomic E-state index is 5.95. The molecule has 2 rings (SSSR count). The zero-order valence-electron chi connectivity index (χ0n) is 7.27. The second-order valence-electron chi connectivity index (χ2n) is 3.08. The van der Waals surface area contributed by atoms with Gasteiger partial charge in [-0.05, 0) is 6.42 Å². The number of hydrogen-bond donors (Lipinski definition) is 2. The van der Waals surface area contributed by atoms with Crippen LogP contribution in [0.4, 0.5) is 0 Å². The van der Waals surface area contributed by atoms with E-state index < -0.39 is 0 Å². The van der Waals surface area contributed by atoms with Crippen molar-refractivity contribution in [2.24, 2.45) is 5.73 Å².